The highest BCUT2D eigenvalue weighted by atomic mass is 32.1. The van der Waals surface area contributed by atoms with Gasteiger partial charge >= 0.3 is 0 Å². The molecule has 4 aromatic carbocycles. The Labute approximate surface area is 306 Å². The van der Waals surface area contributed by atoms with Gasteiger partial charge in [-0.1, -0.05) is 148 Å². The predicted molar refractivity (Wildman–Crippen MR) is 241 cm³/mol. The summed E-state index contributed by atoms with van der Waals surface area (Å²) < 4.78 is 11.8. The average molecular weight is 769 g/mol. The van der Waals surface area contributed by atoms with Crippen LogP contribution < -0.4 is 20.7 Å². The third kappa shape index (κ3) is 6.29. The van der Waals surface area contributed by atoms with Gasteiger partial charge < -0.3 is 0 Å². The molecule has 0 saturated carbocycles. The van der Waals surface area contributed by atoms with Gasteiger partial charge in [-0.25, -0.2) is 0 Å². The molecule has 0 unspecified atom stereocenters. The highest BCUT2D eigenvalue weighted by Crippen LogP contribution is 2.45. The van der Waals surface area contributed by atoms with Crippen LogP contribution in [0, 0.1) is 0 Å². The fourth-order valence-electron chi connectivity index (χ4n) is 6.38. The molecule has 0 amide bonds. The highest BCUT2D eigenvalue weighted by molar-refractivity contribution is 7.37. The first-order valence-electron chi connectivity index (χ1n) is 17.1. The molecule has 0 saturated heterocycles. The minimum atomic E-state index is -1.25. The minimum absolute atomic E-state index is 1.25. The fraction of sp³-hybridized carbons (Fsp3) is 0.300. The van der Waals surface area contributed by atoms with E-state index in [0.29, 0.717) is 0 Å². The number of hydrogen-bond donors (Lipinski definition) is 0. The van der Waals surface area contributed by atoms with Crippen LogP contribution in [0.25, 0.3) is 59.1 Å². The molecule has 0 aliphatic heterocycles. The summed E-state index contributed by atoms with van der Waals surface area (Å²) in [6.45, 7) is 29.1. The van der Waals surface area contributed by atoms with Gasteiger partial charge in [-0.15, -0.1) is 45.3 Å². The van der Waals surface area contributed by atoms with Crippen LogP contribution in [0.15, 0.2) is 72.8 Å². The van der Waals surface area contributed by atoms with E-state index in [9.17, 15) is 0 Å². The molecule has 4 aromatic heterocycles. The summed E-state index contributed by atoms with van der Waals surface area (Å²) in [5.74, 6) is 0. The smallest absolute Gasteiger partial charge is 0.0776 e. The maximum atomic E-state index is 2.46. The zero-order valence-electron chi connectivity index (χ0n) is 30.6. The first kappa shape index (κ1) is 34.6. The largest absolute Gasteiger partial charge is 0.134 e. The van der Waals surface area contributed by atoms with Gasteiger partial charge in [0, 0.05) is 40.3 Å². The zero-order chi connectivity index (χ0) is 34.6. The predicted octanol–water partition coefficient (Wildman–Crippen LogP) is 12.7. The van der Waals surface area contributed by atoms with Crippen molar-refractivity contribution >= 4 is 158 Å². The molecule has 0 N–H and O–H groups in total. The van der Waals surface area contributed by atoms with Crippen molar-refractivity contribution in [2.45, 2.75) is 78.6 Å². The van der Waals surface area contributed by atoms with E-state index in [1.807, 2.05) is 45.3 Å². The quantitative estimate of drug-likeness (QED) is 0.156. The van der Waals surface area contributed by atoms with E-state index in [1.54, 1.807) is 20.7 Å². The van der Waals surface area contributed by atoms with Crippen molar-refractivity contribution in [2.75, 3.05) is 0 Å². The average Bonchev–Trinajstić information content (AvgIpc) is 3.72. The molecule has 8 aromatic rings. The summed E-state index contributed by atoms with van der Waals surface area (Å²) in [6.07, 6.45) is 0. The molecule has 8 rings (SSSR count). The second kappa shape index (κ2) is 11.8. The Balaban J connectivity index is 0.000000152. The molecular formula is C40H48S4Si4. The number of fused-ring (bicyclic) bond motifs is 10. The van der Waals surface area contributed by atoms with Gasteiger partial charge in [0.2, 0.25) is 0 Å². The van der Waals surface area contributed by atoms with E-state index in [0.717, 1.165) is 0 Å². The van der Waals surface area contributed by atoms with Crippen LogP contribution in [-0.4, -0.2) is 32.3 Å². The molecule has 248 valence electrons. The number of thiophene rings is 4. The highest BCUT2D eigenvalue weighted by Gasteiger charge is 2.23. The Morgan fingerprint density at radius 3 is 0.646 bits per heavy atom. The lowest BCUT2D eigenvalue weighted by atomic mass is 10.2. The lowest BCUT2D eigenvalue weighted by Gasteiger charge is -2.16. The summed E-state index contributed by atoms with van der Waals surface area (Å²) in [5, 5.41) is 12.1. The molecule has 0 radical (unpaired) electrons. The molecule has 48 heavy (non-hydrogen) atoms. The van der Waals surface area contributed by atoms with Crippen molar-refractivity contribution in [3.63, 3.8) is 0 Å². The molecule has 0 spiro atoms. The van der Waals surface area contributed by atoms with E-state index in [2.05, 4.69) is 151 Å². The molecule has 0 atom stereocenters. The number of rotatable bonds is 4. The molecule has 0 bridgehead atoms. The number of benzene rings is 4. The summed E-state index contributed by atoms with van der Waals surface area (Å²) in [4.78, 5) is 0. The summed E-state index contributed by atoms with van der Waals surface area (Å²) in [7, 11) is -4.99. The van der Waals surface area contributed by atoms with Gasteiger partial charge in [0.15, 0.2) is 0 Å². The molecule has 0 aliphatic carbocycles. The second-order valence-electron chi connectivity index (χ2n) is 17.6. The van der Waals surface area contributed by atoms with Crippen LogP contribution >= 0.6 is 45.3 Å². The third-order valence-electron chi connectivity index (χ3n) is 9.63. The first-order chi connectivity index (χ1) is 22.3. The Hall–Kier alpha value is -1.89. The summed E-state index contributed by atoms with van der Waals surface area (Å²) in [6, 6.07) is 28.8. The van der Waals surface area contributed by atoms with Gasteiger partial charge in [-0.2, -0.15) is 0 Å². The van der Waals surface area contributed by atoms with Gasteiger partial charge in [0.1, 0.15) is 0 Å². The van der Waals surface area contributed by atoms with Crippen LogP contribution in [0.1, 0.15) is 0 Å². The van der Waals surface area contributed by atoms with Crippen LogP contribution in [0.2, 0.25) is 78.6 Å². The molecule has 0 fully saturated rings. The van der Waals surface area contributed by atoms with Crippen LogP contribution in [-0.2, 0) is 0 Å². The van der Waals surface area contributed by atoms with Crippen molar-refractivity contribution in [1.29, 1.82) is 0 Å². The Morgan fingerprint density at radius 1 is 0.292 bits per heavy atom. The summed E-state index contributed by atoms with van der Waals surface area (Å²) in [5.41, 5.74) is 0. The van der Waals surface area contributed by atoms with E-state index in [4.69, 9.17) is 0 Å². The van der Waals surface area contributed by atoms with Crippen molar-refractivity contribution in [3.05, 3.63) is 72.8 Å². The van der Waals surface area contributed by atoms with Crippen LogP contribution in [0.5, 0.6) is 0 Å². The van der Waals surface area contributed by atoms with Gasteiger partial charge in [0.25, 0.3) is 0 Å². The Kier molecular flexibility index (Phi) is 8.52. The lowest BCUT2D eigenvalue weighted by Crippen LogP contribution is -2.37. The second-order valence-corrected chi connectivity index (χ2v) is 42.1. The maximum Gasteiger partial charge on any atom is 0.0776 e. The SMILES string of the molecule is C[Si](C)(C)c1ccc2c(c1)sc1c3ccc([Si](C)(C)C)cc3sc21.C[Si](C)(C)c1ccc2c(c1)sc1c3ccc([Si](C)(C)C)cc3sc21. The Bertz CT molecular complexity index is 2150. The van der Waals surface area contributed by atoms with Gasteiger partial charge in [-0.3, -0.25) is 0 Å². The normalized spacial score (nSPS) is 13.4. The van der Waals surface area contributed by atoms with Crippen molar-refractivity contribution < 1.29 is 0 Å². The molecule has 0 nitrogen and oxygen atoms in total. The van der Waals surface area contributed by atoms with E-state index < -0.39 is 32.3 Å². The molecule has 8 heteroatoms. The molecular weight excluding hydrogens is 721 g/mol. The minimum Gasteiger partial charge on any atom is -0.134 e. The summed E-state index contributed by atoms with van der Waals surface area (Å²) >= 11 is 7.94. The maximum absolute atomic E-state index is 2.46. The molecule has 0 aliphatic rings. The van der Waals surface area contributed by atoms with E-state index in [-0.39, 0.29) is 0 Å². The van der Waals surface area contributed by atoms with Crippen molar-refractivity contribution in [3.8, 4) is 0 Å². The van der Waals surface area contributed by atoms with Gasteiger partial charge in [-0.05, 0) is 24.3 Å². The van der Waals surface area contributed by atoms with Crippen molar-refractivity contribution in [1.82, 2.24) is 0 Å². The zero-order valence-corrected chi connectivity index (χ0v) is 37.8. The van der Waals surface area contributed by atoms with E-state index >= 15 is 0 Å². The third-order valence-corrected chi connectivity index (χ3v) is 22.8. The fourth-order valence-corrected chi connectivity index (χ4v) is 16.9. The van der Waals surface area contributed by atoms with Gasteiger partial charge in [0.05, 0.1) is 51.1 Å². The molecule has 4 heterocycles. The van der Waals surface area contributed by atoms with Crippen LogP contribution in [0.3, 0.4) is 0 Å². The lowest BCUT2D eigenvalue weighted by molar-refractivity contribution is 1.74. The topological polar surface area (TPSA) is 0 Å². The first-order valence-corrected chi connectivity index (χ1v) is 34.4. The van der Waals surface area contributed by atoms with E-state index in [1.165, 1.54) is 59.1 Å². The standard InChI is InChI=1S/2C20H24S2Si2/c2*1-23(2,3)13-7-9-15-17(11-13)21-20-16-10-8-14(24(4,5)6)12-18(16)22-19(15)20/h2*7-12H,1-6H3. The Morgan fingerprint density at radius 2 is 0.479 bits per heavy atom. The van der Waals surface area contributed by atoms with Crippen LogP contribution in [0.4, 0.5) is 0 Å². The number of hydrogen-bond acceptors (Lipinski definition) is 4. The monoisotopic (exact) mass is 768 g/mol. The van der Waals surface area contributed by atoms with Crippen molar-refractivity contribution in [2.24, 2.45) is 0 Å².